The second kappa shape index (κ2) is 6.62. The summed E-state index contributed by atoms with van der Waals surface area (Å²) >= 11 is 0. The Balaban J connectivity index is 1.97. The number of aromatic amines is 1. The first kappa shape index (κ1) is 17.4. The lowest BCUT2D eigenvalue weighted by molar-refractivity contribution is 0.100. The molecule has 4 rings (SSSR count). The minimum Gasteiger partial charge on any atom is -0.497 e. The van der Waals surface area contributed by atoms with E-state index in [9.17, 15) is 9.59 Å². The monoisotopic (exact) mass is 375 g/mol. The molecule has 0 saturated carbocycles. The first-order chi connectivity index (χ1) is 13.5. The van der Waals surface area contributed by atoms with E-state index in [1.165, 1.54) is 0 Å². The van der Waals surface area contributed by atoms with Crippen molar-refractivity contribution in [2.45, 2.75) is 0 Å². The number of ether oxygens (including phenoxy) is 1. The van der Waals surface area contributed by atoms with Gasteiger partial charge in [-0.2, -0.15) is 0 Å². The number of hydrogen-bond donors (Lipinski definition) is 4. The molecule has 140 valence electrons. The molecule has 0 aliphatic carbocycles. The Labute approximate surface area is 159 Å². The molecule has 0 spiro atoms. The smallest absolute Gasteiger partial charge is 0.409 e. The average Bonchev–Trinajstić information content (AvgIpc) is 3.04. The molecule has 0 aliphatic heterocycles. The Kier molecular flexibility index (Phi) is 4.12. The molecule has 0 bridgehead atoms. The van der Waals surface area contributed by atoms with Gasteiger partial charge in [-0.25, -0.2) is 4.79 Å². The lowest BCUT2D eigenvalue weighted by atomic mass is 9.98. The number of amides is 2. The minimum atomic E-state index is -1.14. The number of rotatable bonds is 4. The molecule has 0 unspecified atom stereocenters. The summed E-state index contributed by atoms with van der Waals surface area (Å²) in [5.41, 5.74) is 9.45. The van der Waals surface area contributed by atoms with Crippen LogP contribution in [-0.4, -0.2) is 29.2 Å². The number of benzene rings is 3. The van der Waals surface area contributed by atoms with Crippen molar-refractivity contribution in [3.05, 3.63) is 60.2 Å². The van der Waals surface area contributed by atoms with Gasteiger partial charge in [-0.3, -0.25) is 10.1 Å². The van der Waals surface area contributed by atoms with Gasteiger partial charge in [-0.1, -0.05) is 18.2 Å². The fraction of sp³-hybridized carbons (Fsp3) is 0.0476. The normalized spacial score (nSPS) is 10.9. The standard InChI is InChI=1S/C21H17N3O4/c1-28-14-4-2-3-11(7-14)12-8-16-15-6-5-13(23-21(26)27)10-18(15)24-19(16)17(9-12)20(22)25/h2-10,23-24H,1H3,(H2,22,25)(H,26,27). The number of fused-ring (bicyclic) bond motifs is 3. The fourth-order valence-corrected chi connectivity index (χ4v) is 3.37. The van der Waals surface area contributed by atoms with Crippen LogP contribution in [0.25, 0.3) is 32.9 Å². The summed E-state index contributed by atoms with van der Waals surface area (Å²) < 4.78 is 5.29. The number of primary amides is 1. The highest BCUT2D eigenvalue weighted by Gasteiger charge is 2.15. The molecule has 7 nitrogen and oxygen atoms in total. The van der Waals surface area contributed by atoms with E-state index in [1.54, 1.807) is 31.4 Å². The molecule has 0 aliphatic rings. The van der Waals surface area contributed by atoms with Crippen molar-refractivity contribution in [2.24, 2.45) is 5.73 Å². The third-order valence-electron chi connectivity index (χ3n) is 4.63. The molecule has 2 amide bonds. The summed E-state index contributed by atoms with van der Waals surface area (Å²) in [6.07, 6.45) is -1.14. The fourth-order valence-electron chi connectivity index (χ4n) is 3.37. The average molecular weight is 375 g/mol. The summed E-state index contributed by atoms with van der Waals surface area (Å²) in [5.74, 6) is 0.159. The van der Waals surface area contributed by atoms with Crippen LogP contribution in [0.3, 0.4) is 0 Å². The van der Waals surface area contributed by atoms with Gasteiger partial charge in [-0.15, -0.1) is 0 Å². The molecule has 0 saturated heterocycles. The summed E-state index contributed by atoms with van der Waals surface area (Å²) in [5, 5.41) is 12.9. The van der Waals surface area contributed by atoms with Gasteiger partial charge in [-0.05, 0) is 47.5 Å². The van der Waals surface area contributed by atoms with Crippen LogP contribution in [0.4, 0.5) is 10.5 Å². The Morgan fingerprint density at radius 1 is 1.04 bits per heavy atom. The van der Waals surface area contributed by atoms with Gasteiger partial charge in [0.1, 0.15) is 5.75 Å². The Morgan fingerprint density at radius 3 is 2.57 bits per heavy atom. The number of nitrogens with two attached hydrogens (primary N) is 1. The maximum atomic E-state index is 12.1. The molecular formula is C21H17N3O4. The van der Waals surface area contributed by atoms with E-state index in [-0.39, 0.29) is 0 Å². The van der Waals surface area contributed by atoms with Gasteiger partial charge in [0, 0.05) is 22.0 Å². The number of H-pyrrole nitrogens is 1. The van der Waals surface area contributed by atoms with Gasteiger partial charge < -0.3 is 20.6 Å². The molecule has 0 radical (unpaired) electrons. The van der Waals surface area contributed by atoms with Gasteiger partial charge in [0.25, 0.3) is 5.91 Å². The van der Waals surface area contributed by atoms with Crippen molar-refractivity contribution in [1.29, 1.82) is 0 Å². The third kappa shape index (κ3) is 2.99. The highest BCUT2D eigenvalue weighted by Crippen LogP contribution is 2.34. The number of anilines is 1. The van der Waals surface area contributed by atoms with Gasteiger partial charge in [0.05, 0.1) is 18.2 Å². The number of carbonyl (C=O) groups is 2. The van der Waals surface area contributed by atoms with Gasteiger partial charge in [0.2, 0.25) is 0 Å². The van der Waals surface area contributed by atoms with Crippen LogP contribution in [-0.2, 0) is 0 Å². The number of carbonyl (C=O) groups excluding carboxylic acids is 1. The van der Waals surface area contributed by atoms with E-state index in [1.807, 2.05) is 30.3 Å². The molecule has 1 aromatic heterocycles. The largest absolute Gasteiger partial charge is 0.497 e. The van der Waals surface area contributed by atoms with Crippen molar-refractivity contribution in [3.63, 3.8) is 0 Å². The van der Waals surface area contributed by atoms with Crippen LogP contribution in [0.5, 0.6) is 5.75 Å². The number of carboxylic acid groups (broad SMARTS) is 1. The minimum absolute atomic E-state index is 0.360. The Hall–Kier alpha value is -4.00. The zero-order chi connectivity index (χ0) is 19.8. The van der Waals surface area contributed by atoms with Gasteiger partial charge >= 0.3 is 6.09 Å². The van der Waals surface area contributed by atoms with E-state index < -0.39 is 12.0 Å². The second-order valence-electron chi connectivity index (χ2n) is 6.36. The highest BCUT2D eigenvalue weighted by molar-refractivity contribution is 6.16. The second-order valence-corrected chi connectivity index (χ2v) is 6.36. The van der Waals surface area contributed by atoms with Crippen LogP contribution in [0.15, 0.2) is 54.6 Å². The predicted molar refractivity (Wildman–Crippen MR) is 108 cm³/mol. The molecule has 1 heterocycles. The summed E-state index contributed by atoms with van der Waals surface area (Å²) in [6, 6.07) is 16.4. The topological polar surface area (TPSA) is 117 Å². The van der Waals surface area contributed by atoms with Gasteiger partial charge in [0.15, 0.2) is 0 Å². The molecule has 4 aromatic rings. The zero-order valence-corrected chi connectivity index (χ0v) is 14.9. The molecule has 0 atom stereocenters. The Morgan fingerprint density at radius 2 is 1.86 bits per heavy atom. The molecule has 5 N–H and O–H groups in total. The van der Waals surface area contributed by atoms with Crippen LogP contribution >= 0.6 is 0 Å². The van der Waals surface area contributed by atoms with Crippen molar-refractivity contribution in [3.8, 4) is 16.9 Å². The maximum absolute atomic E-state index is 12.1. The quantitative estimate of drug-likeness (QED) is 0.428. The van der Waals surface area contributed by atoms with E-state index in [0.29, 0.717) is 28.0 Å². The molecular weight excluding hydrogens is 358 g/mol. The van der Waals surface area contributed by atoms with Crippen molar-refractivity contribution >= 4 is 39.5 Å². The summed E-state index contributed by atoms with van der Waals surface area (Å²) in [4.78, 5) is 26.2. The summed E-state index contributed by atoms with van der Waals surface area (Å²) in [7, 11) is 1.60. The van der Waals surface area contributed by atoms with E-state index in [0.717, 1.165) is 21.9 Å². The molecule has 7 heteroatoms. The first-order valence-electron chi connectivity index (χ1n) is 8.50. The molecule has 3 aromatic carbocycles. The highest BCUT2D eigenvalue weighted by atomic mass is 16.5. The van der Waals surface area contributed by atoms with E-state index in [4.69, 9.17) is 15.6 Å². The SMILES string of the molecule is COc1cccc(-c2cc(C(N)=O)c3[nH]c4cc(NC(=O)O)ccc4c3c2)c1. The molecule has 28 heavy (non-hydrogen) atoms. The number of aromatic nitrogens is 1. The number of nitrogens with one attached hydrogen (secondary N) is 2. The number of hydrogen-bond acceptors (Lipinski definition) is 3. The maximum Gasteiger partial charge on any atom is 0.409 e. The third-order valence-corrected chi connectivity index (χ3v) is 4.63. The van der Waals surface area contributed by atoms with Crippen LogP contribution < -0.4 is 15.8 Å². The first-order valence-corrected chi connectivity index (χ1v) is 8.50. The Bertz CT molecular complexity index is 1240. The predicted octanol–water partition coefficient (Wildman–Crippen LogP) is 4.19. The van der Waals surface area contributed by atoms with Crippen LogP contribution in [0.2, 0.25) is 0 Å². The van der Waals surface area contributed by atoms with E-state index in [2.05, 4.69) is 10.3 Å². The number of methoxy groups -OCH3 is 1. The van der Waals surface area contributed by atoms with Crippen LogP contribution in [0.1, 0.15) is 10.4 Å². The van der Waals surface area contributed by atoms with Crippen molar-refractivity contribution in [1.82, 2.24) is 4.98 Å². The lowest BCUT2D eigenvalue weighted by Crippen LogP contribution is -2.11. The van der Waals surface area contributed by atoms with Crippen molar-refractivity contribution < 1.29 is 19.4 Å². The van der Waals surface area contributed by atoms with Crippen LogP contribution in [0, 0.1) is 0 Å². The zero-order valence-electron chi connectivity index (χ0n) is 14.9. The lowest BCUT2D eigenvalue weighted by Gasteiger charge is -2.08. The molecule has 0 fully saturated rings. The van der Waals surface area contributed by atoms with Crippen molar-refractivity contribution in [2.75, 3.05) is 12.4 Å². The summed E-state index contributed by atoms with van der Waals surface area (Å²) in [6.45, 7) is 0. The van der Waals surface area contributed by atoms with E-state index >= 15 is 0 Å².